The van der Waals surface area contributed by atoms with Crippen molar-refractivity contribution in [3.63, 3.8) is 0 Å². The maximum absolute atomic E-state index is 12.6. The van der Waals surface area contributed by atoms with Crippen molar-refractivity contribution < 1.29 is 25.8 Å². The first-order valence-electron chi connectivity index (χ1n) is 11.1. The molecule has 0 N–H and O–H groups in total. The van der Waals surface area contributed by atoms with Crippen LogP contribution < -0.4 is 4.18 Å². The third-order valence-electron chi connectivity index (χ3n) is 6.28. The average molecular weight is 459 g/mol. The smallest absolute Gasteiger partial charge is 0.376 e. The van der Waals surface area contributed by atoms with E-state index in [9.17, 15) is 21.6 Å². The van der Waals surface area contributed by atoms with Crippen LogP contribution in [-0.2, 0) is 15.5 Å². The van der Waals surface area contributed by atoms with E-state index in [4.69, 9.17) is 0 Å². The highest BCUT2D eigenvalue weighted by Gasteiger charge is 2.48. The number of fused-ring (bicyclic) bond motifs is 1. The topological polar surface area (TPSA) is 43.4 Å². The van der Waals surface area contributed by atoms with Crippen LogP contribution in [0.1, 0.15) is 84.1 Å². The molecular formula is C24H33F3O3S. The van der Waals surface area contributed by atoms with E-state index < -0.39 is 15.6 Å². The summed E-state index contributed by atoms with van der Waals surface area (Å²) in [6.45, 7) is 6.61. The third-order valence-corrected chi connectivity index (χ3v) is 7.25. The van der Waals surface area contributed by atoms with E-state index in [0.717, 1.165) is 24.6 Å². The van der Waals surface area contributed by atoms with E-state index in [-0.39, 0.29) is 11.2 Å². The van der Waals surface area contributed by atoms with E-state index >= 15 is 0 Å². The molecule has 0 bridgehead atoms. The minimum Gasteiger partial charge on any atom is -0.376 e. The molecule has 0 aliphatic heterocycles. The zero-order chi connectivity index (χ0) is 23.1. The lowest BCUT2D eigenvalue weighted by Gasteiger charge is -2.33. The van der Waals surface area contributed by atoms with Crippen molar-refractivity contribution in [2.45, 2.75) is 89.5 Å². The van der Waals surface area contributed by atoms with E-state index in [2.05, 4.69) is 31.0 Å². The van der Waals surface area contributed by atoms with Gasteiger partial charge in [0.25, 0.3) is 0 Å². The van der Waals surface area contributed by atoms with Crippen LogP contribution in [0.5, 0.6) is 5.75 Å². The molecule has 0 amide bonds. The summed E-state index contributed by atoms with van der Waals surface area (Å²) in [6, 6.07) is 10.1. The highest BCUT2D eigenvalue weighted by Crippen LogP contribution is 2.39. The molecule has 0 atom stereocenters. The number of rotatable bonds is 12. The summed E-state index contributed by atoms with van der Waals surface area (Å²) in [7, 11) is -5.68. The van der Waals surface area contributed by atoms with Crippen LogP contribution in [-0.4, -0.2) is 13.9 Å². The molecule has 0 radical (unpaired) electrons. The Balaban J connectivity index is 2.21. The van der Waals surface area contributed by atoms with Crippen molar-refractivity contribution in [2.75, 3.05) is 0 Å². The van der Waals surface area contributed by atoms with Gasteiger partial charge in [-0.3, -0.25) is 0 Å². The van der Waals surface area contributed by atoms with Gasteiger partial charge in [-0.15, -0.1) is 0 Å². The summed E-state index contributed by atoms with van der Waals surface area (Å²) < 4.78 is 64.5. The van der Waals surface area contributed by atoms with Gasteiger partial charge in [0, 0.05) is 0 Å². The fourth-order valence-corrected chi connectivity index (χ4v) is 4.63. The molecule has 0 aliphatic rings. The van der Waals surface area contributed by atoms with E-state index in [0.29, 0.717) is 5.39 Å². The first kappa shape index (κ1) is 25.5. The Morgan fingerprint density at radius 3 is 2.00 bits per heavy atom. The maximum Gasteiger partial charge on any atom is 0.534 e. The zero-order valence-corrected chi connectivity index (χ0v) is 19.4. The molecule has 0 spiro atoms. The fourth-order valence-electron chi connectivity index (χ4n) is 4.18. The highest BCUT2D eigenvalue weighted by atomic mass is 32.2. The number of benzene rings is 2. The second-order valence-electron chi connectivity index (χ2n) is 8.21. The zero-order valence-electron chi connectivity index (χ0n) is 18.6. The number of unbranched alkanes of at least 4 members (excludes halogenated alkanes) is 5. The van der Waals surface area contributed by atoms with E-state index in [1.807, 2.05) is 12.1 Å². The van der Waals surface area contributed by atoms with Gasteiger partial charge in [-0.25, -0.2) is 0 Å². The Kier molecular flexibility index (Phi) is 8.81. The lowest BCUT2D eigenvalue weighted by atomic mass is 9.72. The Morgan fingerprint density at radius 1 is 0.806 bits per heavy atom. The van der Waals surface area contributed by atoms with Crippen molar-refractivity contribution in [3.8, 4) is 5.75 Å². The third kappa shape index (κ3) is 6.37. The van der Waals surface area contributed by atoms with Gasteiger partial charge < -0.3 is 4.18 Å². The molecule has 2 aromatic carbocycles. The standard InChI is InChI=1S/C24H33F3O3S/c1-4-7-8-9-10-11-16-23(5-2,6-3)21-14-12-20-18-22(15-13-19(20)17-21)30-31(28,29)24(25,26)27/h12-15,17-18H,4-11,16H2,1-3H3. The lowest BCUT2D eigenvalue weighted by molar-refractivity contribution is -0.0500. The van der Waals surface area contributed by atoms with Gasteiger partial charge in [-0.05, 0) is 53.1 Å². The monoisotopic (exact) mass is 458 g/mol. The summed E-state index contributed by atoms with van der Waals surface area (Å²) in [4.78, 5) is 0. The SMILES string of the molecule is CCCCCCCCC(CC)(CC)c1ccc2cc(OS(=O)(=O)C(F)(F)F)ccc2c1. The quantitative estimate of drug-likeness (QED) is 0.185. The molecule has 174 valence electrons. The van der Waals surface area contributed by atoms with Crippen LogP contribution in [0.3, 0.4) is 0 Å². The minimum atomic E-state index is -5.68. The first-order valence-corrected chi connectivity index (χ1v) is 12.5. The van der Waals surface area contributed by atoms with Crippen LogP contribution >= 0.6 is 0 Å². The molecule has 0 aliphatic carbocycles. The van der Waals surface area contributed by atoms with Crippen LogP contribution in [0, 0.1) is 0 Å². The summed E-state index contributed by atoms with van der Waals surface area (Å²) in [5.74, 6) is -0.345. The van der Waals surface area contributed by atoms with Crippen LogP contribution in [0.15, 0.2) is 36.4 Å². The molecule has 0 saturated carbocycles. The molecule has 2 aromatic rings. The molecular weight excluding hydrogens is 425 g/mol. The highest BCUT2D eigenvalue weighted by molar-refractivity contribution is 7.88. The largest absolute Gasteiger partial charge is 0.534 e. The molecule has 0 heterocycles. The Labute approximate surface area is 184 Å². The summed E-state index contributed by atoms with van der Waals surface area (Å²) in [5.41, 5.74) is -4.17. The second kappa shape index (κ2) is 10.7. The fraction of sp³-hybridized carbons (Fsp3) is 0.583. The van der Waals surface area contributed by atoms with Gasteiger partial charge in [-0.2, -0.15) is 21.6 Å². The van der Waals surface area contributed by atoms with E-state index in [1.54, 1.807) is 6.07 Å². The molecule has 0 saturated heterocycles. The molecule has 3 nitrogen and oxygen atoms in total. The van der Waals surface area contributed by atoms with E-state index in [1.165, 1.54) is 56.2 Å². The van der Waals surface area contributed by atoms with Crippen LogP contribution in [0.25, 0.3) is 10.8 Å². The first-order chi connectivity index (χ1) is 14.6. The normalized spacial score (nSPS) is 13.0. The summed E-state index contributed by atoms with van der Waals surface area (Å²) in [6.07, 6.45) is 10.6. The molecule has 31 heavy (non-hydrogen) atoms. The van der Waals surface area contributed by atoms with Crippen molar-refractivity contribution in [1.29, 1.82) is 0 Å². The van der Waals surface area contributed by atoms with Gasteiger partial charge >= 0.3 is 15.6 Å². The lowest BCUT2D eigenvalue weighted by Crippen LogP contribution is -2.28. The van der Waals surface area contributed by atoms with Gasteiger partial charge in [0.2, 0.25) is 0 Å². The van der Waals surface area contributed by atoms with Crippen molar-refractivity contribution >= 4 is 20.9 Å². The van der Waals surface area contributed by atoms with Gasteiger partial charge in [0.05, 0.1) is 0 Å². The van der Waals surface area contributed by atoms with Gasteiger partial charge in [-0.1, -0.05) is 83.6 Å². The summed E-state index contributed by atoms with van der Waals surface area (Å²) >= 11 is 0. The molecule has 0 aromatic heterocycles. The summed E-state index contributed by atoms with van der Waals surface area (Å²) in [5, 5.41) is 1.49. The maximum atomic E-state index is 12.6. The Bertz CT molecular complexity index is 948. The van der Waals surface area contributed by atoms with Crippen molar-refractivity contribution in [1.82, 2.24) is 0 Å². The molecule has 2 rings (SSSR count). The van der Waals surface area contributed by atoms with Crippen molar-refractivity contribution in [2.24, 2.45) is 0 Å². The van der Waals surface area contributed by atoms with Crippen LogP contribution in [0.4, 0.5) is 13.2 Å². The number of hydrogen-bond acceptors (Lipinski definition) is 3. The molecule has 7 heteroatoms. The molecule has 0 unspecified atom stereocenters. The van der Waals surface area contributed by atoms with Crippen molar-refractivity contribution in [3.05, 3.63) is 42.0 Å². The minimum absolute atomic E-state index is 0.0632. The number of alkyl halides is 3. The Morgan fingerprint density at radius 2 is 1.39 bits per heavy atom. The predicted molar refractivity (Wildman–Crippen MR) is 120 cm³/mol. The number of hydrogen-bond donors (Lipinski definition) is 0. The molecule has 0 fully saturated rings. The number of halogens is 3. The van der Waals surface area contributed by atoms with Gasteiger partial charge in [0.1, 0.15) is 5.75 Å². The average Bonchev–Trinajstić information content (AvgIpc) is 2.72. The van der Waals surface area contributed by atoms with Gasteiger partial charge in [0.15, 0.2) is 0 Å². The predicted octanol–water partition coefficient (Wildman–Crippen LogP) is 7.88. The Hall–Kier alpha value is -1.76. The van der Waals surface area contributed by atoms with Crippen LogP contribution in [0.2, 0.25) is 0 Å². The second-order valence-corrected chi connectivity index (χ2v) is 9.75.